The molecule has 0 aliphatic carbocycles. The molecule has 5 rings (SSSR count). The molecule has 2 aromatic carbocycles. The van der Waals surface area contributed by atoms with Crippen LogP contribution >= 0.6 is 19.9 Å². The van der Waals surface area contributed by atoms with Crippen molar-refractivity contribution in [2.45, 2.75) is 19.8 Å². The minimum Gasteiger partial charge on any atom is -0.448 e. The van der Waals surface area contributed by atoms with Gasteiger partial charge < -0.3 is 24.8 Å². The molecule has 1 unspecified atom stereocenters. The van der Waals surface area contributed by atoms with Gasteiger partial charge in [0.1, 0.15) is 10.7 Å². The highest BCUT2D eigenvalue weighted by molar-refractivity contribution is 7.53. The third-order valence-electron chi connectivity index (χ3n) is 5.20. The lowest BCUT2D eigenvalue weighted by Gasteiger charge is -2.19. The number of hydrogen-bond acceptors (Lipinski definition) is 8. The first kappa shape index (κ1) is 21.5. The molecule has 0 radical (unpaired) electrons. The molecule has 8 nitrogen and oxygen atoms in total. The number of aryl methyl sites for hydroxylation is 3. The van der Waals surface area contributed by atoms with Crippen LogP contribution in [-0.4, -0.2) is 21.8 Å². The zero-order valence-electron chi connectivity index (χ0n) is 18.1. The van der Waals surface area contributed by atoms with E-state index in [0.717, 1.165) is 41.2 Å². The van der Waals surface area contributed by atoms with Crippen molar-refractivity contribution < 1.29 is 9.05 Å². The Labute approximate surface area is 197 Å². The van der Waals surface area contributed by atoms with Gasteiger partial charge in [-0.3, -0.25) is 0 Å². The molecule has 0 saturated carbocycles. The van der Waals surface area contributed by atoms with Crippen LogP contribution in [0.15, 0.2) is 59.4 Å². The Morgan fingerprint density at radius 2 is 2.00 bits per heavy atom. The highest BCUT2D eigenvalue weighted by atomic mass is 35.5. The number of aromatic nitrogens is 3. The van der Waals surface area contributed by atoms with Crippen LogP contribution in [0.25, 0.3) is 0 Å². The summed E-state index contributed by atoms with van der Waals surface area (Å²) in [5.74, 6) is 1.67. The summed E-state index contributed by atoms with van der Waals surface area (Å²) in [4.78, 5) is 8.85. The second kappa shape index (κ2) is 9.25. The van der Waals surface area contributed by atoms with Gasteiger partial charge in [0.05, 0.1) is 6.20 Å². The molecular weight excluding hydrogens is 459 g/mol. The van der Waals surface area contributed by atoms with Crippen LogP contribution in [0.5, 0.6) is 5.75 Å². The van der Waals surface area contributed by atoms with Gasteiger partial charge in [-0.15, -0.1) is 0 Å². The molecule has 4 aromatic rings. The molecule has 6 bridgehead atoms. The number of rotatable bonds is 4. The van der Waals surface area contributed by atoms with Crippen LogP contribution in [0.2, 0.25) is 5.02 Å². The summed E-state index contributed by atoms with van der Waals surface area (Å²) in [5, 5.41) is 14.4. The fraction of sp³-hybridized carbons (Fsp3) is 0.174. The average molecular weight is 481 g/mol. The summed E-state index contributed by atoms with van der Waals surface area (Å²) >= 11 is 6.36. The Balaban J connectivity index is 1.47. The van der Waals surface area contributed by atoms with Gasteiger partial charge in [-0.2, -0.15) is 4.98 Å². The topological polar surface area (TPSA) is 97.1 Å². The van der Waals surface area contributed by atoms with E-state index >= 15 is 0 Å². The summed E-state index contributed by atoms with van der Waals surface area (Å²) in [6.45, 7) is 3.87. The summed E-state index contributed by atoms with van der Waals surface area (Å²) in [6.07, 6.45) is 4.83. The molecular formula is C23H22ClN6O2P. The smallest absolute Gasteiger partial charge is 0.229 e. The molecule has 0 saturated heterocycles. The Hall–Kier alpha value is -3.35. The van der Waals surface area contributed by atoms with Crippen LogP contribution in [0.1, 0.15) is 16.8 Å². The fourth-order valence-corrected chi connectivity index (χ4v) is 4.77. The molecule has 168 valence electrons. The molecule has 0 fully saturated rings. The molecule has 1 atom stereocenters. The lowest BCUT2D eigenvalue weighted by atomic mass is 10.0. The first-order valence-electron chi connectivity index (χ1n) is 10.4. The van der Waals surface area contributed by atoms with Gasteiger partial charge in [-0.1, -0.05) is 28.9 Å². The molecule has 10 heteroatoms. The Morgan fingerprint density at radius 3 is 2.85 bits per heavy atom. The van der Waals surface area contributed by atoms with Gasteiger partial charge in [-0.05, 0) is 61.2 Å². The molecule has 33 heavy (non-hydrogen) atoms. The third kappa shape index (κ3) is 5.02. The molecule has 0 spiro atoms. The molecule has 2 aromatic heterocycles. The van der Waals surface area contributed by atoms with Gasteiger partial charge in [0.15, 0.2) is 26.1 Å². The molecule has 3 heterocycles. The number of benzene rings is 2. The summed E-state index contributed by atoms with van der Waals surface area (Å²) in [6, 6.07) is 14.4. The number of hydrogen-bond donors (Lipinski definition) is 3. The Morgan fingerprint density at radius 1 is 1.12 bits per heavy atom. The summed E-state index contributed by atoms with van der Waals surface area (Å²) in [7, 11) is -0.987. The van der Waals surface area contributed by atoms with Gasteiger partial charge in [0.2, 0.25) is 5.95 Å². The second-order valence-corrected chi connectivity index (χ2v) is 9.49. The summed E-state index contributed by atoms with van der Waals surface area (Å²) < 4.78 is 11.0. The van der Waals surface area contributed by atoms with Crippen LogP contribution in [0, 0.1) is 6.92 Å². The predicted octanol–water partition coefficient (Wildman–Crippen LogP) is 6.44. The lowest BCUT2D eigenvalue weighted by molar-refractivity contribution is 0.412. The normalized spacial score (nSPS) is 13.4. The molecule has 1 aliphatic heterocycles. The maximum atomic E-state index is 6.36. The van der Waals surface area contributed by atoms with E-state index in [1.165, 1.54) is 11.8 Å². The minimum absolute atomic E-state index is 0.447. The van der Waals surface area contributed by atoms with Crippen LogP contribution in [-0.2, 0) is 12.8 Å². The number of halogens is 1. The highest BCUT2D eigenvalue weighted by Crippen LogP contribution is 2.38. The van der Waals surface area contributed by atoms with E-state index in [4.69, 9.17) is 20.6 Å². The van der Waals surface area contributed by atoms with Crippen molar-refractivity contribution in [2.24, 2.45) is 0 Å². The monoisotopic (exact) mass is 480 g/mol. The van der Waals surface area contributed by atoms with Crippen LogP contribution in [0.4, 0.5) is 28.8 Å². The summed E-state index contributed by atoms with van der Waals surface area (Å²) in [5.41, 5.74) is 5.94. The van der Waals surface area contributed by atoms with Crippen molar-refractivity contribution in [2.75, 3.05) is 22.4 Å². The Bertz CT molecular complexity index is 1300. The number of nitrogens with one attached hydrogen (secondary N) is 3. The van der Waals surface area contributed by atoms with E-state index < -0.39 is 8.30 Å². The van der Waals surface area contributed by atoms with E-state index in [2.05, 4.69) is 49.0 Å². The van der Waals surface area contributed by atoms with Crippen LogP contribution < -0.4 is 20.2 Å². The second-order valence-electron chi connectivity index (χ2n) is 7.68. The van der Waals surface area contributed by atoms with Gasteiger partial charge in [0, 0.05) is 23.7 Å². The zero-order valence-corrected chi connectivity index (χ0v) is 19.7. The standard InChI is InChI=1S/C23H22ClN6O2P/c1-14-21(13-31-29-14)32-33(2)30-20-9-8-18-11-16(20)7-6-15-4-3-5-17(10-15)27-23-25-12-19(24)22(26-18)28-23/h3-5,8-13,30H,6-7H2,1-2H3,(H2,25,26,27,28). The minimum atomic E-state index is -0.987. The largest absolute Gasteiger partial charge is 0.448 e. The maximum absolute atomic E-state index is 6.36. The van der Waals surface area contributed by atoms with E-state index in [0.29, 0.717) is 22.5 Å². The van der Waals surface area contributed by atoms with E-state index in [1.807, 2.05) is 37.9 Å². The zero-order chi connectivity index (χ0) is 22.8. The first-order chi connectivity index (χ1) is 16.0. The van der Waals surface area contributed by atoms with E-state index in [9.17, 15) is 0 Å². The van der Waals surface area contributed by atoms with Crippen molar-refractivity contribution in [3.8, 4) is 5.75 Å². The Kier molecular flexibility index (Phi) is 6.03. The highest BCUT2D eigenvalue weighted by Gasteiger charge is 2.14. The number of anilines is 5. The molecule has 0 amide bonds. The van der Waals surface area contributed by atoms with Gasteiger partial charge in [-0.25, -0.2) is 4.98 Å². The SMILES string of the molecule is Cc1nocc1OP(C)Nc1ccc2cc1CCc1cccc(c1)Nc1ncc(Cl)c(n1)N2. The number of nitrogens with zero attached hydrogens (tertiary/aromatic N) is 3. The average Bonchev–Trinajstić information content (AvgIpc) is 3.20. The van der Waals surface area contributed by atoms with Crippen molar-refractivity contribution in [1.82, 2.24) is 15.1 Å². The van der Waals surface area contributed by atoms with Gasteiger partial charge >= 0.3 is 0 Å². The lowest BCUT2D eigenvalue weighted by Crippen LogP contribution is -2.03. The maximum Gasteiger partial charge on any atom is 0.229 e. The number of fused-ring (bicyclic) bond motifs is 6. The van der Waals surface area contributed by atoms with Crippen molar-refractivity contribution in [3.63, 3.8) is 0 Å². The van der Waals surface area contributed by atoms with E-state index in [-0.39, 0.29) is 0 Å². The van der Waals surface area contributed by atoms with Crippen LogP contribution in [0.3, 0.4) is 0 Å². The van der Waals surface area contributed by atoms with Crippen molar-refractivity contribution in [3.05, 3.63) is 76.8 Å². The first-order valence-corrected chi connectivity index (χ1v) is 12.5. The molecule has 1 aliphatic rings. The quantitative estimate of drug-likeness (QED) is 0.287. The fourth-order valence-electron chi connectivity index (χ4n) is 3.56. The van der Waals surface area contributed by atoms with Gasteiger partial charge in [0.25, 0.3) is 0 Å². The predicted molar refractivity (Wildman–Crippen MR) is 132 cm³/mol. The van der Waals surface area contributed by atoms with Crippen molar-refractivity contribution in [1.29, 1.82) is 0 Å². The third-order valence-corrected chi connectivity index (χ3v) is 6.50. The molecule has 3 N–H and O–H groups in total. The van der Waals surface area contributed by atoms with Crippen molar-refractivity contribution >= 4 is 48.7 Å². The van der Waals surface area contributed by atoms with E-state index in [1.54, 1.807) is 6.20 Å².